The molecule has 2 rings (SSSR count). The normalized spacial score (nSPS) is 13.6. The third kappa shape index (κ3) is 2.54. The van der Waals surface area contributed by atoms with Crippen molar-refractivity contribution >= 4 is 12.0 Å². The molecule has 1 heterocycles. The Morgan fingerprint density at radius 1 is 1.26 bits per heavy atom. The fourth-order valence-corrected chi connectivity index (χ4v) is 2.11. The topological polar surface area (TPSA) is 60.9 Å². The van der Waals surface area contributed by atoms with Crippen molar-refractivity contribution in [1.29, 1.82) is 0 Å². The number of carbonyl (C=O) groups excluding carboxylic acids is 1. The van der Waals surface area contributed by atoms with E-state index in [1.807, 2.05) is 13.8 Å². The highest BCUT2D eigenvalue weighted by molar-refractivity contribution is 5.88. The predicted molar refractivity (Wildman–Crippen MR) is 70.9 cm³/mol. The largest absolute Gasteiger partial charge is 0.478 e. The minimum atomic E-state index is -0.938. The summed E-state index contributed by atoms with van der Waals surface area (Å²) in [6.45, 7) is 4.95. The van der Waals surface area contributed by atoms with E-state index >= 15 is 0 Å². The lowest BCUT2D eigenvalue weighted by atomic mass is 10.1. The van der Waals surface area contributed by atoms with E-state index in [4.69, 9.17) is 5.11 Å². The number of hydrogen-bond acceptors (Lipinski definition) is 2. The minimum Gasteiger partial charge on any atom is -0.478 e. The second-order valence-corrected chi connectivity index (χ2v) is 5.13. The lowest BCUT2D eigenvalue weighted by Crippen LogP contribution is -2.41. The number of benzene rings is 1. The van der Waals surface area contributed by atoms with Crippen LogP contribution in [0.2, 0.25) is 0 Å². The van der Waals surface area contributed by atoms with E-state index in [-0.39, 0.29) is 17.6 Å². The molecule has 0 atom stereocenters. The number of carboxylic acid groups (broad SMARTS) is 1. The van der Waals surface area contributed by atoms with Gasteiger partial charge in [0.15, 0.2) is 0 Å². The lowest BCUT2D eigenvalue weighted by Gasteiger charge is -2.27. The first kappa shape index (κ1) is 13.4. The van der Waals surface area contributed by atoms with Crippen LogP contribution in [-0.4, -0.2) is 40.0 Å². The van der Waals surface area contributed by atoms with Crippen molar-refractivity contribution in [3.8, 4) is 0 Å². The molecule has 0 spiro atoms. The zero-order chi connectivity index (χ0) is 14.2. The molecule has 2 amide bonds. The maximum Gasteiger partial charge on any atom is 0.335 e. The van der Waals surface area contributed by atoms with Crippen LogP contribution in [-0.2, 0) is 13.1 Å². The molecule has 0 bridgehead atoms. The molecule has 0 fully saturated rings. The van der Waals surface area contributed by atoms with Crippen molar-refractivity contribution in [2.45, 2.75) is 33.0 Å². The van der Waals surface area contributed by atoms with Gasteiger partial charge in [0.05, 0.1) is 5.56 Å². The first-order valence-electron chi connectivity index (χ1n) is 6.27. The van der Waals surface area contributed by atoms with Crippen LogP contribution in [0.1, 0.15) is 35.3 Å². The Balaban J connectivity index is 2.16. The van der Waals surface area contributed by atoms with Crippen LogP contribution < -0.4 is 0 Å². The first-order valence-corrected chi connectivity index (χ1v) is 6.27. The zero-order valence-corrected chi connectivity index (χ0v) is 11.4. The van der Waals surface area contributed by atoms with Crippen LogP contribution in [0.3, 0.4) is 0 Å². The summed E-state index contributed by atoms with van der Waals surface area (Å²) in [6, 6.07) is 5.15. The van der Waals surface area contributed by atoms with Crippen LogP contribution in [0.15, 0.2) is 18.2 Å². The van der Waals surface area contributed by atoms with Gasteiger partial charge in [0.1, 0.15) is 0 Å². The number of hydrogen-bond donors (Lipinski definition) is 1. The first-order chi connectivity index (χ1) is 8.90. The average molecular weight is 262 g/mol. The molecular weight excluding hydrogens is 244 g/mol. The van der Waals surface area contributed by atoms with Gasteiger partial charge in [0.2, 0.25) is 0 Å². The summed E-state index contributed by atoms with van der Waals surface area (Å²) in [5.41, 5.74) is 2.21. The summed E-state index contributed by atoms with van der Waals surface area (Å²) >= 11 is 0. The molecule has 0 unspecified atom stereocenters. The van der Waals surface area contributed by atoms with E-state index in [0.29, 0.717) is 13.1 Å². The third-order valence-corrected chi connectivity index (χ3v) is 3.52. The zero-order valence-electron chi connectivity index (χ0n) is 11.4. The van der Waals surface area contributed by atoms with E-state index in [1.54, 1.807) is 35.0 Å². The van der Waals surface area contributed by atoms with E-state index < -0.39 is 5.97 Å². The molecular formula is C14H18N2O3. The minimum absolute atomic E-state index is 0.0249. The Labute approximate surface area is 112 Å². The van der Waals surface area contributed by atoms with Gasteiger partial charge in [-0.05, 0) is 37.1 Å². The Morgan fingerprint density at radius 3 is 2.47 bits per heavy atom. The second kappa shape index (κ2) is 4.91. The molecule has 1 N–H and O–H groups in total. The van der Waals surface area contributed by atoms with Crippen LogP contribution in [0.4, 0.5) is 4.79 Å². The molecule has 0 saturated heterocycles. The molecule has 0 aliphatic carbocycles. The van der Waals surface area contributed by atoms with Gasteiger partial charge in [-0.1, -0.05) is 6.07 Å². The summed E-state index contributed by atoms with van der Waals surface area (Å²) in [5, 5.41) is 8.96. The number of nitrogens with zero attached hydrogens (tertiary/aromatic N) is 2. The van der Waals surface area contributed by atoms with Crippen molar-refractivity contribution in [1.82, 2.24) is 9.80 Å². The van der Waals surface area contributed by atoms with Crippen LogP contribution in [0.5, 0.6) is 0 Å². The van der Waals surface area contributed by atoms with Gasteiger partial charge in [-0.15, -0.1) is 0 Å². The number of carboxylic acids is 1. The van der Waals surface area contributed by atoms with Gasteiger partial charge >= 0.3 is 12.0 Å². The molecule has 102 valence electrons. The molecule has 1 aliphatic rings. The Morgan fingerprint density at radius 2 is 1.89 bits per heavy atom. The van der Waals surface area contributed by atoms with Gasteiger partial charge in [-0.2, -0.15) is 0 Å². The number of urea groups is 1. The van der Waals surface area contributed by atoms with Crippen LogP contribution in [0.25, 0.3) is 0 Å². The average Bonchev–Trinajstić information content (AvgIpc) is 2.79. The third-order valence-electron chi connectivity index (χ3n) is 3.52. The van der Waals surface area contributed by atoms with Crippen molar-refractivity contribution < 1.29 is 14.7 Å². The number of rotatable bonds is 2. The van der Waals surface area contributed by atoms with Gasteiger partial charge < -0.3 is 14.9 Å². The van der Waals surface area contributed by atoms with Crippen LogP contribution in [0, 0.1) is 0 Å². The van der Waals surface area contributed by atoms with E-state index in [1.165, 1.54) is 0 Å². The van der Waals surface area contributed by atoms with Gasteiger partial charge in [0.25, 0.3) is 0 Å². The summed E-state index contributed by atoms with van der Waals surface area (Å²) in [4.78, 5) is 26.6. The summed E-state index contributed by atoms with van der Waals surface area (Å²) in [5.74, 6) is -0.938. The summed E-state index contributed by atoms with van der Waals surface area (Å²) < 4.78 is 0. The Hall–Kier alpha value is -2.04. The van der Waals surface area contributed by atoms with Gasteiger partial charge in [-0.25, -0.2) is 9.59 Å². The SMILES string of the molecule is CC(C)N(C)C(=O)N1Cc2ccc(C(=O)O)cc2C1. The highest BCUT2D eigenvalue weighted by Crippen LogP contribution is 2.25. The Kier molecular flexibility index (Phi) is 3.46. The molecule has 1 aromatic rings. The van der Waals surface area contributed by atoms with Crippen molar-refractivity contribution in [2.75, 3.05) is 7.05 Å². The summed E-state index contributed by atoms with van der Waals surface area (Å²) in [7, 11) is 1.78. The molecule has 1 aliphatic heterocycles. The van der Waals surface area contributed by atoms with Crippen molar-refractivity contribution in [2.24, 2.45) is 0 Å². The van der Waals surface area contributed by atoms with Crippen molar-refractivity contribution in [3.63, 3.8) is 0 Å². The maximum absolute atomic E-state index is 12.2. The second-order valence-electron chi connectivity index (χ2n) is 5.13. The van der Waals surface area contributed by atoms with Gasteiger partial charge in [0, 0.05) is 26.2 Å². The molecule has 0 radical (unpaired) electrons. The monoisotopic (exact) mass is 262 g/mol. The number of aromatic carboxylic acids is 1. The molecule has 19 heavy (non-hydrogen) atoms. The fraction of sp³-hybridized carbons (Fsp3) is 0.429. The quantitative estimate of drug-likeness (QED) is 0.888. The fourth-order valence-electron chi connectivity index (χ4n) is 2.11. The molecule has 1 aromatic carbocycles. The van der Waals surface area contributed by atoms with Gasteiger partial charge in [-0.3, -0.25) is 0 Å². The van der Waals surface area contributed by atoms with Crippen LogP contribution >= 0.6 is 0 Å². The number of carbonyl (C=O) groups is 2. The standard InChI is InChI=1S/C14H18N2O3/c1-9(2)15(3)14(19)16-7-11-5-4-10(13(17)18)6-12(11)8-16/h4-6,9H,7-8H2,1-3H3,(H,17,18). The number of fused-ring (bicyclic) bond motifs is 1. The lowest BCUT2D eigenvalue weighted by molar-refractivity contribution is 0.0696. The molecule has 0 aromatic heterocycles. The number of amides is 2. The maximum atomic E-state index is 12.2. The molecule has 5 nitrogen and oxygen atoms in total. The predicted octanol–water partition coefficient (Wildman–Crippen LogP) is 2.16. The van der Waals surface area contributed by atoms with Crippen molar-refractivity contribution in [3.05, 3.63) is 34.9 Å². The molecule has 5 heteroatoms. The highest BCUT2D eigenvalue weighted by atomic mass is 16.4. The van der Waals surface area contributed by atoms with E-state index in [0.717, 1.165) is 11.1 Å². The Bertz CT molecular complexity index is 525. The highest BCUT2D eigenvalue weighted by Gasteiger charge is 2.27. The van der Waals surface area contributed by atoms with E-state index in [2.05, 4.69) is 0 Å². The van der Waals surface area contributed by atoms with E-state index in [9.17, 15) is 9.59 Å². The summed E-state index contributed by atoms with van der Waals surface area (Å²) in [6.07, 6.45) is 0. The molecule has 0 saturated carbocycles. The smallest absolute Gasteiger partial charge is 0.335 e.